The Balaban J connectivity index is 0.00000450. The molecule has 0 amide bonds. The maximum absolute atomic E-state index is 6.64. The van der Waals surface area contributed by atoms with Crippen LogP contribution in [0.1, 0.15) is 113 Å². The number of hydrogen-bond donors (Lipinski definition) is 0. The van der Waals surface area contributed by atoms with E-state index in [2.05, 4.69) is 55.4 Å². The first-order valence-corrected chi connectivity index (χ1v) is 12.3. The van der Waals surface area contributed by atoms with Gasteiger partial charge in [0, 0.05) is 16.5 Å². The van der Waals surface area contributed by atoms with Crippen LogP contribution in [0.25, 0.3) is 0 Å². The van der Waals surface area contributed by atoms with Gasteiger partial charge < -0.3 is 9.47 Å². The predicted octanol–water partition coefficient (Wildman–Crippen LogP) is 6.96. The van der Waals surface area contributed by atoms with Crippen LogP contribution in [0.15, 0.2) is 9.98 Å². The van der Waals surface area contributed by atoms with Crippen LogP contribution in [0.5, 0.6) is 0 Å². The van der Waals surface area contributed by atoms with Crippen LogP contribution >= 0.6 is 0 Å². The zero-order chi connectivity index (χ0) is 21.7. The normalized spacial score (nSPS) is 24.3. The van der Waals surface area contributed by atoms with Crippen molar-refractivity contribution in [1.82, 2.24) is 0 Å². The van der Waals surface area contributed by atoms with E-state index < -0.39 is 0 Å². The van der Waals surface area contributed by atoms with Crippen LogP contribution in [0.4, 0.5) is 0 Å². The van der Waals surface area contributed by atoms with Gasteiger partial charge in [0.15, 0.2) is 11.8 Å². The summed E-state index contributed by atoms with van der Waals surface area (Å²) in [6.07, 6.45) is 9.34. The van der Waals surface area contributed by atoms with Gasteiger partial charge in [-0.25, -0.2) is 9.98 Å². The first-order valence-electron chi connectivity index (χ1n) is 12.3. The Labute approximate surface area is 196 Å². The molecule has 30 heavy (non-hydrogen) atoms. The van der Waals surface area contributed by atoms with Gasteiger partial charge in [0.1, 0.15) is 11.2 Å². The topological polar surface area (TPSA) is 43.2 Å². The maximum atomic E-state index is 6.64. The summed E-state index contributed by atoms with van der Waals surface area (Å²) in [7, 11) is 0. The number of nitrogens with zero attached hydrogens (tertiary/aromatic N) is 2. The number of ether oxygens (including phenoxy) is 2. The Bertz CT molecular complexity index is 524. The van der Waals surface area contributed by atoms with E-state index in [1.54, 1.807) is 0 Å². The Morgan fingerprint density at radius 3 is 1.20 bits per heavy atom. The quantitative estimate of drug-likeness (QED) is 0.293. The third kappa shape index (κ3) is 5.81. The van der Waals surface area contributed by atoms with Crippen molar-refractivity contribution in [2.24, 2.45) is 21.8 Å². The van der Waals surface area contributed by atoms with Gasteiger partial charge in [-0.05, 0) is 37.5 Å². The molecule has 0 aromatic carbocycles. The summed E-state index contributed by atoms with van der Waals surface area (Å²) < 4.78 is 13.3. The zero-order valence-electron chi connectivity index (χ0n) is 20.7. The summed E-state index contributed by atoms with van der Waals surface area (Å²) in [5, 5.41) is 0. The van der Waals surface area contributed by atoms with Gasteiger partial charge in [-0.2, -0.15) is 0 Å². The molecule has 178 valence electrons. The van der Waals surface area contributed by atoms with Gasteiger partial charge in [-0.15, -0.1) is 0 Å². The van der Waals surface area contributed by atoms with Crippen LogP contribution in [0.3, 0.4) is 0 Å². The summed E-state index contributed by atoms with van der Waals surface area (Å²) >= 11 is 0. The molecule has 0 radical (unpaired) electrons. The fourth-order valence-corrected chi connectivity index (χ4v) is 5.73. The molecule has 0 unspecified atom stereocenters. The number of rotatable bonds is 12. The van der Waals surface area contributed by atoms with Crippen LogP contribution in [0.2, 0.25) is 0 Å². The van der Waals surface area contributed by atoms with Crippen molar-refractivity contribution in [1.29, 1.82) is 0 Å². The van der Waals surface area contributed by atoms with Crippen molar-refractivity contribution in [2.45, 2.75) is 136 Å². The number of aliphatic imine (C=N–C) groups is 2. The van der Waals surface area contributed by atoms with Gasteiger partial charge in [-0.3, -0.25) is 0 Å². The Morgan fingerprint density at radius 2 is 0.967 bits per heavy atom. The Hall–Kier alpha value is -0.566. The molecule has 0 aliphatic carbocycles. The number of hydrogen-bond acceptors (Lipinski definition) is 4. The minimum Gasteiger partial charge on any atom is -0.472 e. The Kier molecular flexibility index (Phi) is 10.9. The van der Waals surface area contributed by atoms with E-state index in [1.807, 2.05) is 0 Å². The van der Waals surface area contributed by atoms with Gasteiger partial charge in [-0.1, -0.05) is 81.1 Å². The molecule has 0 bridgehead atoms. The second-order valence-electron chi connectivity index (χ2n) is 9.93. The molecule has 0 N–H and O–H groups in total. The van der Waals surface area contributed by atoms with Crippen molar-refractivity contribution in [3.63, 3.8) is 0 Å². The monoisotopic (exact) mass is 464 g/mol. The molecule has 2 aliphatic rings. The van der Waals surface area contributed by atoms with Crippen molar-refractivity contribution >= 4 is 11.8 Å². The summed E-state index contributed by atoms with van der Waals surface area (Å²) in [5.74, 6) is 2.63. The van der Waals surface area contributed by atoms with E-state index in [1.165, 1.54) is 0 Å². The summed E-state index contributed by atoms with van der Waals surface area (Å²) in [6, 6.07) is 0.465. The summed E-state index contributed by atoms with van der Waals surface area (Å²) in [4.78, 5) is 10.2. The molecule has 0 saturated heterocycles. The molecule has 4 nitrogen and oxygen atoms in total. The first-order chi connectivity index (χ1) is 13.8. The van der Waals surface area contributed by atoms with Gasteiger partial charge in [0.25, 0.3) is 0 Å². The SMILES string of the molecule is CCCC1(CCC)OC(CC2=N[C@H](C(C)C)C(CCC)(CCC)O2)=N[C@@H]1C(C)C.[Ni]. The average molecular weight is 465 g/mol. The van der Waals surface area contributed by atoms with Crippen molar-refractivity contribution < 1.29 is 26.0 Å². The van der Waals surface area contributed by atoms with Crippen LogP contribution in [0, 0.1) is 11.8 Å². The van der Waals surface area contributed by atoms with Crippen molar-refractivity contribution in [3.8, 4) is 0 Å². The average Bonchev–Trinajstić information content (AvgIpc) is 3.15. The Morgan fingerprint density at radius 1 is 0.667 bits per heavy atom. The molecule has 0 saturated carbocycles. The van der Waals surface area contributed by atoms with Crippen molar-refractivity contribution in [2.75, 3.05) is 0 Å². The molecular weight excluding hydrogens is 419 g/mol. The molecule has 0 aromatic heterocycles. The maximum Gasteiger partial charge on any atom is 0.193 e. The zero-order valence-corrected chi connectivity index (χ0v) is 21.7. The molecule has 2 aliphatic heterocycles. The smallest absolute Gasteiger partial charge is 0.193 e. The van der Waals surface area contributed by atoms with E-state index in [9.17, 15) is 0 Å². The predicted molar refractivity (Wildman–Crippen MR) is 124 cm³/mol. The molecule has 0 fully saturated rings. The summed E-state index contributed by atoms with van der Waals surface area (Å²) in [6.45, 7) is 18.1. The van der Waals surface area contributed by atoms with E-state index in [4.69, 9.17) is 19.5 Å². The van der Waals surface area contributed by atoms with E-state index >= 15 is 0 Å². The molecule has 0 spiro atoms. The second-order valence-corrected chi connectivity index (χ2v) is 9.93. The van der Waals surface area contributed by atoms with Crippen LogP contribution in [-0.4, -0.2) is 35.1 Å². The van der Waals surface area contributed by atoms with E-state index in [-0.39, 0.29) is 39.8 Å². The second kappa shape index (κ2) is 11.9. The molecule has 2 heterocycles. The standard InChI is InChI=1S/C25H46N2O2.Ni/c1-9-13-24(14-10-2)22(18(5)6)26-20(28-24)17-21-27-23(19(7)8)25(29-21,15-11-3)16-12-4;/h18-19,22-23H,9-17H2,1-8H3;/t22-,23-;/m1./s1. The fourth-order valence-electron chi connectivity index (χ4n) is 5.73. The molecular formula is C25H46N2NiO2. The fraction of sp³-hybridized carbons (Fsp3) is 0.920. The van der Waals surface area contributed by atoms with Crippen molar-refractivity contribution in [3.05, 3.63) is 0 Å². The van der Waals surface area contributed by atoms with Crippen LogP contribution < -0.4 is 0 Å². The summed E-state index contributed by atoms with van der Waals surface area (Å²) in [5.41, 5.74) is -0.291. The van der Waals surface area contributed by atoms with Gasteiger partial charge in [0.2, 0.25) is 0 Å². The first kappa shape index (κ1) is 27.5. The minimum atomic E-state index is -0.145. The third-order valence-corrected chi connectivity index (χ3v) is 6.54. The molecule has 0 aromatic rings. The molecule has 5 heteroatoms. The minimum absolute atomic E-state index is 0. The van der Waals surface area contributed by atoms with E-state index in [0.29, 0.717) is 18.3 Å². The third-order valence-electron chi connectivity index (χ3n) is 6.54. The van der Waals surface area contributed by atoms with Gasteiger partial charge in [0.05, 0.1) is 18.5 Å². The van der Waals surface area contributed by atoms with E-state index in [0.717, 1.165) is 63.2 Å². The van der Waals surface area contributed by atoms with Gasteiger partial charge >= 0.3 is 0 Å². The molecule has 2 rings (SSSR count). The molecule has 2 atom stereocenters. The van der Waals surface area contributed by atoms with Crippen LogP contribution in [-0.2, 0) is 26.0 Å². The largest absolute Gasteiger partial charge is 0.472 e.